The molecule has 3 aliphatic heterocycles. The molecule has 202 valence electrons. The molecule has 2 bridgehead atoms. The summed E-state index contributed by atoms with van der Waals surface area (Å²) in [6.45, 7) is 6.15. The van der Waals surface area contributed by atoms with E-state index in [1.54, 1.807) is 35.7 Å². The molecule has 3 saturated heterocycles. The molecule has 0 aromatic heterocycles. The SMILES string of the molecule is CCOc1ccc(NC(=O)[C@@H]2[C@H]3C(=O)N([C@H](C)CO)C(C(=O)NC4CCCCC4)C34S[C@@H]2CC4C)cc1. The average molecular weight is 530 g/mol. The van der Waals surface area contributed by atoms with Gasteiger partial charge in [0.25, 0.3) is 0 Å². The van der Waals surface area contributed by atoms with E-state index in [0.29, 0.717) is 12.3 Å². The van der Waals surface area contributed by atoms with E-state index in [1.807, 2.05) is 19.1 Å². The lowest BCUT2D eigenvalue weighted by molar-refractivity contribution is -0.141. The number of anilines is 1. The van der Waals surface area contributed by atoms with Crippen molar-refractivity contribution in [2.45, 2.75) is 87.4 Å². The molecule has 8 nitrogen and oxygen atoms in total. The number of thioether (sulfide) groups is 1. The van der Waals surface area contributed by atoms with Crippen molar-refractivity contribution >= 4 is 35.2 Å². The Morgan fingerprint density at radius 2 is 1.89 bits per heavy atom. The molecule has 4 fully saturated rings. The first-order valence-corrected chi connectivity index (χ1v) is 14.6. The van der Waals surface area contributed by atoms with E-state index in [2.05, 4.69) is 17.6 Å². The third-order valence-corrected chi connectivity index (χ3v) is 10.9. The molecule has 0 radical (unpaired) electrons. The Balaban J connectivity index is 1.43. The highest BCUT2D eigenvalue weighted by Crippen LogP contribution is 2.68. The number of rotatable bonds is 8. The fourth-order valence-corrected chi connectivity index (χ4v) is 9.58. The van der Waals surface area contributed by atoms with Crippen LogP contribution < -0.4 is 15.4 Å². The third-order valence-electron chi connectivity index (χ3n) is 8.86. The predicted molar refractivity (Wildman–Crippen MR) is 143 cm³/mol. The zero-order chi connectivity index (χ0) is 26.3. The van der Waals surface area contributed by atoms with Crippen LogP contribution in [0.1, 0.15) is 59.3 Å². The topological polar surface area (TPSA) is 108 Å². The first kappa shape index (κ1) is 26.4. The number of amides is 3. The summed E-state index contributed by atoms with van der Waals surface area (Å²) in [6.07, 6.45) is 6.08. The van der Waals surface area contributed by atoms with Gasteiger partial charge in [-0.05, 0) is 63.3 Å². The van der Waals surface area contributed by atoms with E-state index < -0.39 is 28.7 Å². The van der Waals surface area contributed by atoms with Gasteiger partial charge in [-0.1, -0.05) is 26.2 Å². The molecule has 3 N–H and O–H groups in total. The number of ether oxygens (including phenoxy) is 1. The molecular formula is C28H39N3O5S. The second-order valence-corrected chi connectivity index (χ2v) is 12.7. The van der Waals surface area contributed by atoms with Gasteiger partial charge in [0.1, 0.15) is 11.8 Å². The van der Waals surface area contributed by atoms with E-state index >= 15 is 0 Å². The summed E-state index contributed by atoms with van der Waals surface area (Å²) in [6, 6.07) is 6.16. The smallest absolute Gasteiger partial charge is 0.244 e. The summed E-state index contributed by atoms with van der Waals surface area (Å²) < 4.78 is 4.82. The zero-order valence-corrected chi connectivity index (χ0v) is 22.8. The lowest BCUT2D eigenvalue weighted by atomic mass is 9.65. The highest BCUT2D eigenvalue weighted by Gasteiger charge is 2.76. The van der Waals surface area contributed by atoms with Gasteiger partial charge in [0, 0.05) is 17.0 Å². The highest BCUT2D eigenvalue weighted by molar-refractivity contribution is 8.02. The summed E-state index contributed by atoms with van der Waals surface area (Å²) in [5, 5.41) is 16.3. The number of carbonyl (C=O) groups excluding carboxylic acids is 3. The largest absolute Gasteiger partial charge is 0.494 e. The van der Waals surface area contributed by atoms with Crippen LogP contribution in [0.4, 0.5) is 5.69 Å². The number of carbonyl (C=O) groups is 3. The lowest BCUT2D eigenvalue weighted by Gasteiger charge is -2.40. The van der Waals surface area contributed by atoms with Gasteiger partial charge in [0.2, 0.25) is 17.7 Å². The maximum Gasteiger partial charge on any atom is 0.244 e. The average Bonchev–Trinajstić information content (AvgIpc) is 3.49. The first-order valence-electron chi connectivity index (χ1n) is 13.8. The van der Waals surface area contributed by atoms with Gasteiger partial charge in [-0.2, -0.15) is 0 Å². The van der Waals surface area contributed by atoms with Crippen LogP contribution in [0.15, 0.2) is 24.3 Å². The number of nitrogens with one attached hydrogen (secondary N) is 2. The number of nitrogens with zero attached hydrogens (tertiary/aromatic N) is 1. The molecule has 5 rings (SSSR count). The van der Waals surface area contributed by atoms with Crippen molar-refractivity contribution < 1.29 is 24.2 Å². The number of hydrogen-bond acceptors (Lipinski definition) is 6. The summed E-state index contributed by atoms with van der Waals surface area (Å²) in [5.74, 6) is -0.779. The van der Waals surface area contributed by atoms with Crippen LogP contribution in [0.2, 0.25) is 0 Å². The van der Waals surface area contributed by atoms with Gasteiger partial charge in [-0.15, -0.1) is 11.8 Å². The molecular weight excluding hydrogens is 490 g/mol. The second-order valence-electron chi connectivity index (χ2n) is 11.1. The van der Waals surface area contributed by atoms with Crippen molar-refractivity contribution in [3.63, 3.8) is 0 Å². The number of fused-ring (bicyclic) bond motifs is 1. The predicted octanol–water partition coefficient (Wildman–Crippen LogP) is 3.19. The van der Waals surface area contributed by atoms with Gasteiger partial charge < -0.3 is 25.4 Å². The standard InChI is InChI=1S/C28H39N3O5S/c1-4-36-20-12-10-19(11-13-20)29-25(33)22-21-14-16(2)28(37-21)23(22)27(35)31(17(3)15-32)24(28)26(34)30-18-8-6-5-7-9-18/h10-13,16-18,21-24,32H,4-9,14-15H2,1-3H3,(H,29,33)(H,30,34)/t16?,17-,21-,22+,23+,24?,28?/m1/s1. The molecule has 7 atom stereocenters. The Bertz CT molecular complexity index is 1030. The summed E-state index contributed by atoms with van der Waals surface area (Å²) in [7, 11) is 0. The van der Waals surface area contributed by atoms with Crippen molar-refractivity contribution in [3.8, 4) is 5.75 Å². The Hall–Kier alpha value is -2.26. The fraction of sp³-hybridized carbons (Fsp3) is 0.679. The fourth-order valence-electron chi connectivity index (χ4n) is 7.17. The van der Waals surface area contributed by atoms with Crippen LogP contribution in [0.5, 0.6) is 5.75 Å². The summed E-state index contributed by atoms with van der Waals surface area (Å²) >= 11 is 1.66. The second kappa shape index (κ2) is 10.5. The number of aliphatic hydroxyl groups excluding tert-OH is 1. The van der Waals surface area contributed by atoms with Crippen molar-refractivity contribution in [1.82, 2.24) is 10.2 Å². The summed E-state index contributed by atoms with van der Waals surface area (Å²) in [5.41, 5.74) is 0.654. The first-order chi connectivity index (χ1) is 17.8. The van der Waals surface area contributed by atoms with Crippen LogP contribution in [0, 0.1) is 17.8 Å². The molecule has 3 unspecified atom stereocenters. The van der Waals surface area contributed by atoms with Gasteiger partial charge in [0.15, 0.2) is 0 Å². The quantitative estimate of drug-likeness (QED) is 0.477. The number of likely N-dealkylation sites (tertiary alicyclic amines) is 1. The van der Waals surface area contributed by atoms with Crippen LogP contribution in [-0.4, -0.2) is 69.1 Å². The Morgan fingerprint density at radius 3 is 2.54 bits per heavy atom. The molecule has 1 aliphatic carbocycles. The minimum absolute atomic E-state index is 0.0248. The molecule has 4 aliphatic rings. The maximum absolute atomic E-state index is 14.0. The van der Waals surface area contributed by atoms with E-state index in [1.165, 1.54) is 6.42 Å². The molecule has 37 heavy (non-hydrogen) atoms. The third kappa shape index (κ3) is 4.42. The van der Waals surface area contributed by atoms with E-state index in [0.717, 1.165) is 37.9 Å². The molecule has 1 aromatic carbocycles. The van der Waals surface area contributed by atoms with Crippen molar-refractivity contribution in [3.05, 3.63) is 24.3 Å². The van der Waals surface area contributed by atoms with E-state index in [9.17, 15) is 19.5 Å². The van der Waals surface area contributed by atoms with Gasteiger partial charge in [-0.25, -0.2) is 0 Å². The zero-order valence-electron chi connectivity index (χ0n) is 21.9. The molecule has 1 saturated carbocycles. The van der Waals surface area contributed by atoms with Crippen LogP contribution in [0.25, 0.3) is 0 Å². The Labute approximate surface area is 223 Å². The van der Waals surface area contributed by atoms with Gasteiger partial charge in [-0.3, -0.25) is 14.4 Å². The number of aliphatic hydroxyl groups is 1. The van der Waals surface area contributed by atoms with Gasteiger partial charge >= 0.3 is 0 Å². The Morgan fingerprint density at radius 1 is 1.19 bits per heavy atom. The normalized spacial score (nSPS) is 33.8. The minimum atomic E-state index is -0.692. The van der Waals surface area contributed by atoms with E-state index in [-0.39, 0.29) is 41.5 Å². The van der Waals surface area contributed by atoms with Gasteiger partial charge in [0.05, 0.1) is 35.8 Å². The molecule has 3 heterocycles. The Kier molecular flexibility index (Phi) is 7.47. The molecule has 3 amide bonds. The van der Waals surface area contributed by atoms with Crippen molar-refractivity contribution in [2.24, 2.45) is 17.8 Å². The van der Waals surface area contributed by atoms with Crippen LogP contribution in [-0.2, 0) is 14.4 Å². The summed E-state index contributed by atoms with van der Waals surface area (Å²) in [4.78, 5) is 43.2. The number of benzene rings is 1. The van der Waals surface area contributed by atoms with Crippen LogP contribution >= 0.6 is 11.8 Å². The minimum Gasteiger partial charge on any atom is -0.494 e. The van der Waals surface area contributed by atoms with Crippen molar-refractivity contribution in [2.75, 3.05) is 18.5 Å². The molecule has 1 aromatic rings. The lowest BCUT2D eigenvalue weighted by Crippen LogP contribution is -2.59. The molecule has 9 heteroatoms. The van der Waals surface area contributed by atoms with Crippen LogP contribution in [0.3, 0.4) is 0 Å². The van der Waals surface area contributed by atoms with Crippen molar-refractivity contribution in [1.29, 1.82) is 0 Å². The maximum atomic E-state index is 14.0. The molecule has 1 spiro atoms. The van der Waals surface area contributed by atoms with E-state index in [4.69, 9.17) is 4.74 Å². The number of hydrogen-bond donors (Lipinski definition) is 3. The highest BCUT2D eigenvalue weighted by atomic mass is 32.2. The monoisotopic (exact) mass is 529 g/mol.